The van der Waals surface area contributed by atoms with Crippen LogP contribution in [0.15, 0.2) is 18.2 Å². The van der Waals surface area contributed by atoms with Crippen molar-refractivity contribution >= 4 is 5.69 Å². The fourth-order valence-electron chi connectivity index (χ4n) is 1.18. The zero-order chi connectivity index (χ0) is 10.6. The first-order valence-corrected chi connectivity index (χ1v) is 4.38. The fraction of sp³-hybridized carbons (Fsp3) is 0.273. The molecule has 0 aliphatic rings. The zero-order valence-corrected chi connectivity index (χ0v) is 8.20. The number of nitrogens with zero attached hydrogens (tertiary/aromatic N) is 2. The average molecular weight is 185 g/mol. The fourth-order valence-corrected chi connectivity index (χ4v) is 1.18. The van der Waals surface area contributed by atoms with Gasteiger partial charge in [-0.1, -0.05) is 6.07 Å². The third-order valence-corrected chi connectivity index (χ3v) is 1.74. The topological polar surface area (TPSA) is 59.6 Å². The average Bonchev–Trinajstić information content (AvgIpc) is 2.17. The second kappa shape index (κ2) is 4.30. The van der Waals surface area contributed by atoms with Gasteiger partial charge in [-0.3, -0.25) is 0 Å². The Morgan fingerprint density at radius 1 is 1.14 bits per heavy atom. The predicted octanol–water partition coefficient (Wildman–Crippen LogP) is 2.25. The zero-order valence-electron chi connectivity index (χ0n) is 8.20. The molecule has 0 atom stereocenters. The molecule has 1 aromatic carbocycles. The van der Waals surface area contributed by atoms with Gasteiger partial charge in [0.25, 0.3) is 0 Å². The standard InChI is InChI=1S/C11H11N3/c1-8(2)14-11-9(6-12)4-3-5-10(11)7-13/h3-5,8,14H,1-2H3. The highest BCUT2D eigenvalue weighted by atomic mass is 14.9. The molecular formula is C11H11N3. The molecule has 0 fully saturated rings. The first-order chi connectivity index (χ1) is 6.69. The molecule has 14 heavy (non-hydrogen) atoms. The Morgan fingerprint density at radius 3 is 2.00 bits per heavy atom. The van der Waals surface area contributed by atoms with Crippen LogP contribution in [0.1, 0.15) is 25.0 Å². The van der Waals surface area contributed by atoms with Gasteiger partial charge < -0.3 is 5.32 Å². The minimum Gasteiger partial charge on any atom is -0.381 e. The van der Waals surface area contributed by atoms with Crippen molar-refractivity contribution in [2.45, 2.75) is 19.9 Å². The summed E-state index contributed by atoms with van der Waals surface area (Å²) in [6.45, 7) is 3.94. The Bertz CT molecular complexity index is 375. The maximum absolute atomic E-state index is 8.85. The van der Waals surface area contributed by atoms with E-state index in [2.05, 4.69) is 17.5 Å². The van der Waals surface area contributed by atoms with E-state index in [4.69, 9.17) is 10.5 Å². The highest BCUT2D eigenvalue weighted by molar-refractivity contribution is 5.66. The Morgan fingerprint density at radius 2 is 1.64 bits per heavy atom. The van der Waals surface area contributed by atoms with E-state index in [1.54, 1.807) is 18.2 Å². The van der Waals surface area contributed by atoms with Crippen LogP contribution < -0.4 is 5.32 Å². The minimum absolute atomic E-state index is 0.205. The summed E-state index contributed by atoms with van der Waals surface area (Å²) in [7, 11) is 0. The Hall–Kier alpha value is -2.00. The van der Waals surface area contributed by atoms with E-state index in [9.17, 15) is 0 Å². The second-order valence-electron chi connectivity index (χ2n) is 3.25. The lowest BCUT2D eigenvalue weighted by Gasteiger charge is -2.12. The molecule has 0 spiro atoms. The molecule has 1 N–H and O–H groups in total. The number of para-hydroxylation sites is 1. The number of nitrogens with one attached hydrogen (secondary N) is 1. The maximum atomic E-state index is 8.85. The minimum atomic E-state index is 0.205. The van der Waals surface area contributed by atoms with Gasteiger partial charge >= 0.3 is 0 Å². The molecule has 0 saturated carbocycles. The quantitative estimate of drug-likeness (QED) is 0.768. The van der Waals surface area contributed by atoms with Crippen molar-refractivity contribution in [1.29, 1.82) is 10.5 Å². The number of nitriles is 2. The van der Waals surface area contributed by atoms with E-state index >= 15 is 0 Å². The molecule has 0 amide bonds. The van der Waals surface area contributed by atoms with Crippen LogP contribution in [0.3, 0.4) is 0 Å². The molecule has 1 aromatic rings. The third kappa shape index (κ3) is 2.02. The lowest BCUT2D eigenvalue weighted by atomic mass is 10.1. The van der Waals surface area contributed by atoms with Crippen molar-refractivity contribution < 1.29 is 0 Å². The summed E-state index contributed by atoms with van der Waals surface area (Å²) in [6, 6.07) is 9.44. The van der Waals surface area contributed by atoms with Crippen molar-refractivity contribution in [3.05, 3.63) is 29.3 Å². The molecule has 0 saturated heterocycles. The molecule has 0 aromatic heterocycles. The Kier molecular flexibility index (Phi) is 3.09. The molecule has 0 radical (unpaired) electrons. The summed E-state index contributed by atoms with van der Waals surface area (Å²) in [5.41, 5.74) is 1.66. The van der Waals surface area contributed by atoms with Crippen LogP contribution in [0.4, 0.5) is 5.69 Å². The van der Waals surface area contributed by atoms with E-state index in [1.165, 1.54) is 0 Å². The molecule has 0 unspecified atom stereocenters. The summed E-state index contributed by atoms with van der Waals surface area (Å²) in [6.07, 6.45) is 0. The first-order valence-electron chi connectivity index (χ1n) is 4.38. The molecule has 0 aliphatic carbocycles. The molecular weight excluding hydrogens is 174 g/mol. The van der Waals surface area contributed by atoms with E-state index < -0.39 is 0 Å². The van der Waals surface area contributed by atoms with E-state index in [1.807, 2.05) is 13.8 Å². The first kappa shape index (κ1) is 10.1. The van der Waals surface area contributed by atoms with Crippen LogP contribution in [-0.4, -0.2) is 6.04 Å². The van der Waals surface area contributed by atoms with Crippen molar-refractivity contribution in [2.75, 3.05) is 5.32 Å². The molecule has 1 rings (SSSR count). The molecule has 70 valence electrons. The van der Waals surface area contributed by atoms with Crippen molar-refractivity contribution in [2.24, 2.45) is 0 Å². The SMILES string of the molecule is CC(C)Nc1c(C#N)cccc1C#N. The summed E-state index contributed by atoms with van der Waals surface area (Å²) in [5, 5.41) is 20.8. The van der Waals surface area contributed by atoms with Gasteiger partial charge in [0.05, 0.1) is 16.8 Å². The van der Waals surface area contributed by atoms with Gasteiger partial charge in [-0.25, -0.2) is 0 Å². The lowest BCUT2D eigenvalue weighted by Crippen LogP contribution is -2.12. The van der Waals surface area contributed by atoms with Gasteiger partial charge in [0.15, 0.2) is 0 Å². The van der Waals surface area contributed by atoms with Crippen LogP contribution in [-0.2, 0) is 0 Å². The van der Waals surface area contributed by atoms with Crippen LogP contribution in [0, 0.1) is 22.7 Å². The van der Waals surface area contributed by atoms with Crippen LogP contribution in [0.2, 0.25) is 0 Å². The van der Waals surface area contributed by atoms with Gasteiger partial charge in [0.1, 0.15) is 12.1 Å². The third-order valence-electron chi connectivity index (χ3n) is 1.74. The van der Waals surface area contributed by atoms with Crippen LogP contribution in [0.25, 0.3) is 0 Å². The monoisotopic (exact) mass is 185 g/mol. The molecule has 3 nitrogen and oxygen atoms in total. The largest absolute Gasteiger partial charge is 0.381 e. The number of anilines is 1. The second-order valence-corrected chi connectivity index (χ2v) is 3.25. The van der Waals surface area contributed by atoms with Crippen LogP contribution in [0.5, 0.6) is 0 Å². The van der Waals surface area contributed by atoms with Crippen molar-refractivity contribution in [1.82, 2.24) is 0 Å². The highest BCUT2D eigenvalue weighted by Gasteiger charge is 2.07. The number of hydrogen-bond donors (Lipinski definition) is 1. The van der Waals surface area contributed by atoms with E-state index in [0.29, 0.717) is 16.8 Å². The summed E-state index contributed by atoms with van der Waals surface area (Å²) >= 11 is 0. The molecule has 3 heteroatoms. The summed E-state index contributed by atoms with van der Waals surface area (Å²) in [5.74, 6) is 0. The van der Waals surface area contributed by atoms with Gasteiger partial charge in [0.2, 0.25) is 0 Å². The van der Waals surface area contributed by atoms with Gasteiger partial charge in [-0.2, -0.15) is 10.5 Å². The smallest absolute Gasteiger partial charge is 0.101 e. The molecule has 0 heterocycles. The van der Waals surface area contributed by atoms with Crippen molar-refractivity contribution in [3.63, 3.8) is 0 Å². The molecule has 0 bridgehead atoms. The predicted molar refractivity (Wildman–Crippen MR) is 54.6 cm³/mol. The number of rotatable bonds is 2. The summed E-state index contributed by atoms with van der Waals surface area (Å²) in [4.78, 5) is 0. The summed E-state index contributed by atoms with van der Waals surface area (Å²) < 4.78 is 0. The lowest BCUT2D eigenvalue weighted by molar-refractivity contribution is 0.898. The van der Waals surface area contributed by atoms with E-state index in [0.717, 1.165) is 0 Å². The maximum Gasteiger partial charge on any atom is 0.101 e. The Labute approximate surface area is 83.6 Å². The normalized spacial score (nSPS) is 9.21. The van der Waals surface area contributed by atoms with Crippen molar-refractivity contribution in [3.8, 4) is 12.1 Å². The number of hydrogen-bond acceptors (Lipinski definition) is 3. The van der Waals surface area contributed by atoms with Crippen LogP contribution >= 0.6 is 0 Å². The van der Waals surface area contributed by atoms with Gasteiger partial charge in [-0.15, -0.1) is 0 Å². The Balaban J connectivity index is 3.23. The van der Waals surface area contributed by atoms with Gasteiger partial charge in [0, 0.05) is 6.04 Å². The number of benzene rings is 1. The van der Waals surface area contributed by atoms with Gasteiger partial charge in [-0.05, 0) is 26.0 Å². The highest BCUT2D eigenvalue weighted by Crippen LogP contribution is 2.20. The van der Waals surface area contributed by atoms with E-state index in [-0.39, 0.29) is 6.04 Å². The molecule has 0 aliphatic heterocycles.